The van der Waals surface area contributed by atoms with Crippen LogP contribution in [0, 0.1) is 5.92 Å². The van der Waals surface area contributed by atoms with Crippen LogP contribution in [0.1, 0.15) is 57.9 Å². The van der Waals surface area contributed by atoms with Gasteiger partial charge >= 0.3 is 0 Å². The highest BCUT2D eigenvalue weighted by molar-refractivity contribution is 5.81. The van der Waals surface area contributed by atoms with Gasteiger partial charge in [-0.2, -0.15) is 0 Å². The molecule has 2 aliphatic rings. The summed E-state index contributed by atoms with van der Waals surface area (Å²) in [5.74, 6) is 3.86. The maximum atomic E-state index is 11.6. The summed E-state index contributed by atoms with van der Waals surface area (Å²) in [5, 5.41) is 0. The number of para-hydroxylation sites is 4. The number of hydrogen-bond acceptors (Lipinski definition) is 4. The van der Waals surface area contributed by atoms with Crippen molar-refractivity contribution in [2.45, 2.75) is 57.9 Å². The van der Waals surface area contributed by atoms with Crippen LogP contribution in [0.15, 0.2) is 72.8 Å². The van der Waals surface area contributed by atoms with Crippen LogP contribution in [0.4, 0.5) is 0 Å². The second-order valence-electron chi connectivity index (χ2n) is 10.9. The van der Waals surface area contributed by atoms with Crippen molar-refractivity contribution in [1.82, 2.24) is 14.5 Å². The number of aromatic nitrogens is 2. The van der Waals surface area contributed by atoms with Gasteiger partial charge in [-0.05, 0) is 80.1 Å². The maximum Gasteiger partial charge on any atom is 0.219 e. The molecule has 6 nitrogen and oxygen atoms in total. The Hall–Kier alpha value is -3.80. The molecule has 0 atom stereocenters. The molecule has 0 N–H and O–H groups in total. The highest BCUT2D eigenvalue weighted by Crippen LogP contribution is 2.37. The van der Waals surface area contributed by atoms with Crippen LogP contribution < -0.4 is 9.47 Å². The van der Waals surface area contributed by atoms with E-state index in [4.69, 9.17) is 14.5 Å². The summed E-state index contributed by atoms with van der Waals surface area (Å²) in [6.07, 6.45) is 8.24. The number of rotatable bonds is 7. The average Bonchev–Trinajstić information content (AvgIpc) is 3.37. The number of amides is 1. The summed E-state index contributed by atoms with van der Waals surface area (Å²) in [6.45, 7) is 3.89. The van der Waals surface area contributed by atoms with Gasteiger partial charge in [0.2, 0.25) is 5.91 Å². The van der Waals surface area contributed by atoms with Gasteiger partial charge in [-0.3, -0.25) is 4.79 Å². The van der Waals surface area contributed by atoms with E-state index in [2.05, 4.69) is 41.0 Å². The molecule has 0 unspecified atom stereocenters. The Morgan fingerprint density at radius 2 is 1.54 bits per heavy atom. The van der Waals surface area contributed by atoms with Crippen LogP contribution in [0.25, 0.3) is 22.4 Å². The molecule has 2 heterocycles. The third-order valence-corrected chi connectivity index (χ3v) is 8.26. The van der Waals surface area contributed by atoms with Crippen LogP contribution in [-0.4, -0.2) is 40.1 Å². The van der Waals surface area contributed by atoms with Crippen LogP contribution in [0.2, 0.25) is 0 Å². The van der Waals surface area contributed by atoms with Gasteiger partial charge in [0.25, 0.3) is 0 Å². The fraction of sp³-hybridized carbons (Fsp3) is 0.394. The molecular weight excluding hydrogens is 486 g/mol. The van der Waals surface area contributed by atoms with E-state index >= 15 is 0 Å². The molecule has 0 spiro atoms. The summed E-state index contributed by atoms with van der Waals surface area (Å²) in [6, 6.07) is 25.1. The predicted molar refractivity (Wildman–Crippen MR) is 154 cm³/mol. The zero-order valence-electron chi connectivity index (χ0n) is 22.7. The van der Waals surface area contributed by atoms with Gasteiger partial charge in [-0.15, -0.1) is 0 Å². The first-order chi connectivity index (χ1) is 19.2. The molecule has 1 amide bonds. The lowest BCUT2D eigenvalue weighted by atomic mass is 9.95. The number of piperidine rings is 1. The number of fused-ring (bicyclic) bond motifs is 1. The van der Waals surface area contributed by atoms with Gasteiger partial charge in [-0.25, -0.2) is 4.98 Å². The largest absolute Gasteiger partial charge is 0.489 e. The second kappa shape index (κ2) is 11.5. The monoisotopic (exact) mass is 523 g/mol. The van der Waals surface area contributed by atoms with Crippen LogP contribution in [0.3, 0.4) is 0 Å². The summed E-state index contributed by atoms with van der Waals surface area (Å²) < 4.78 is 15.0. The van der Waals surface area contributed by atoms with Crippen molar-refractivity contribution in [3.05, 3.63) is 72.8 Å². The first-order valence-electron chi connectivity index (χ1n) is 14.4. The highest BCUT2D eigenvalue weighted by atomic mass is 16.5. The Balaban J connectivity index is 1.17. The molecule has 39 heavy (non-hydrogen) atoms. The lowest BCUT2D eigenvalue weighted by Crippen LogP contribution is -2.38. The molecule has 1 aliphatic heterocycles. The number of ether oxygens (including phenoxy) is 2. The minimum absolute atomic E-state index is 0.158. The Morgan fingerprint density at radius 3 is 2.28 bits per heavy atom. The molecule has 3 aromatic carbocycles. The summed E-state index contributed by atoms with van der Waals surface area (Å²) in [4.78, 5) is 18.6. The van der Waals surface area contributed by atoms with Crippen LogP contribution in [0.5, 0.6) is 17.2 Å². The number of imidazole rings is 1. The SMILES string of the molecule is CC(=O)N1CCC(COc2ccccc2Oc2ccc(-c3nc4ccccc4n3C3CCCCC3)cc2)CC1. The molecule has 0 radical (unpaired) electrons. The van der Waals surface area contributed by atoms with Gasteiger partial charge in [0.05, 0.1) is 17.6 Å². The van der Waals surface area contributed by atoms with E-state index in [9.17, 15) is 4.79 Å². The van der Waals surface area contributed by atoms with E-state index in [1.54, 1.807) is 6.92 Å². The molecule has 1 saturated carbocycles. The average molecular weight is 524 g/mol. The number of nitrogens with zero attached hydrogens (tertiary/aromatic N) is 3. The van der Waals surface area contributed by atoms with Crippen molar-refractivity contribution in [3.8, 4) is 28.6 Å². The van der Waals surface area contributed by atoms with E-state index in [-0.39, 0.29) is 5.91 Å². The molecule has 1 aromatic heterocycles. The number of carbonyl (C=O) groups excluding carboxylic acids is 1. The van der Waals surface area contributed by atoms with E-state index in [1.807, 2.05) is 41.3 Å². The zero-order chi connectivity index (χ0) is 26.6. The van der Waals surface area contributed by atoms with Crippen molar-refractivity contribution < 1.29 is 14.3 Å². The summed E-state index contributed by atoms with van der Waals surface area (Å²) in [7, 11) is 0. The number of benzene rings is 3. The minimum atomic E-state index is 0.158. The van der Waals surface area contributed by atoms with Gasteiger partial charge in [0.1, 0.15) is 11.6 Å². The van der Waals surface area contributed by atoms with Gasteiger partial charge in [0, 0.05) is 31.6 Å². The maximum absolute atomic E-state index is 11.6. The minimum Gasteiger partial charge on any atom is -0.489 e. The van der Waals surface area contributed by atoms with Crippen molar-refractivity contribution in [1.29, 1.82) is 0 Å². The molecule has 1 saturated heterocycles. The summed E-state index contributed by atoms with van der Waals surface area (Å²) in [5.41, 5.74) is 3.37. The Labute approximate surface area is 230 Å². The predicted octanol–water partition coefficient (Wildman–Crippen LogP) is 7.64. The molecular formula is C33H37N3O3. The molecule has 6 rings (SSSR count). The van der Waals surface area contributed by atoms with Crippen LogP contribution >= 0.6 is 0 Å². The van der Waals surface area contributed by atoms with E-state index in [0.717, 1.165) is 54.3 Å². The van der Waals surface area contributed by atoms with Crippen molar-refractivity contribution in [2.75, 3.05) is 19.7 Å². The van der Waals surface area contributed by atoms with Crippen LogP contribution in [-0.2, 0) is 4.79 Å². The number of likely N-dealkylation sites (tertiary alicyclic amines) is 1. The normalized spacial score (nSPS) is 16.9. The molecule has 6 heteroatoms. The fourth-order valence-corrected chi connectivity index (χ4v) is 6.03. The number of hydrogen-bond donors (Lipinski definition) is 0. The third-order valence-electron chi connectivity index (χ3n) is 8.26. The highest BCUT2D eigenvalue weighted by Gasteiger charge is 2.23. The smallest absolute Gasteiger partial charge is 0.219 e. The van der Waals surface area contributed by atoms with E-state index < -0.39 is 0 Å². The molecule has 202 valence electrons. The van der Waals surface area contributed by atoms with Gasteiger partial charge < -0.3 is 18.9 Å². The van der Waals surface area contributed by atoms with Crippen molar-refractivity contribution >= 4 is 16.9 Å². The molecule has 2 fully saturated rings. The van der Waals surface area contributed by atoms with Gasteiger partial charge in [-0.1, -0.05) is 43.5 Å². The van der Waals surface area contributed by atoms with E-state index in [0.29, 0.717) is 24.3 Å². The van der Waals surface area contributed by atoms with Crippen molar-refractivity contribution in [3.63, 3.8) is 0 Å². The fourth-order valence-electron chi connectivity index (χ4n) is 6.03. The Morgan fingerprint density at radius 1 is 0.846 bits per heavy atom. The lowest BCUT2D eigenvalue weighted by molar-refractivity contribution is -0.130. The van der Waals surface area contributed by atoms with E-state index in [1.165, 1.54) is 37.6 Å². The third kappa shape index (κ3) is 5.65. The molecule has 4 aromatic rings. The lowest BCUT2D eigenvalue weighted by Gasteiger charge is -2.31. The molecule has 0 bridgehead atoms. The second-order valence-corrected chi connectivity index (χ2v) is 10.9. The quantitative estimate of drug-likeness (QED) is 0.250. The topological polar surface area (TPSA) is 56.6 Å². The standard InChI is InChI=1S/C33H37N3O3/c1-24(37)35-21-19-25(20-22-35)23-38-31-13-7-8-14-32(31)39-28-17-15-26(16-18-28)33-34-29-11-5-6-12-30(29)36(33)27-9-3-2-4-10-27/h5-8,11-18,25,27H,2-4,9-10,19-23H2,1H3. The first-order valence-corrected chi connectivity index (χ1v) is 14.4. The first kappa shape index (κ1) is 25.5. The van der Waals surface area contributed by atoms with Crippen molar-refractivity contribution in [2.24, 2.45) is 5.92 Å². The zero-order valence-corrected chi connectivity index (χ0v) is 22.7. The van der Waals surface area contributed by atoms with Gasteiger partial charge in [0.15, 0.2) is 11.5 Å². The number of carbonyl (C=O) groups is 1. The summed E-state index contributed by atoms with van der Waals surface area (Å²) >= 11 is 0. The Bertz CT molecular complexity index is 1410. The Kier molecular flexibility index (Phi) is 7.53. The molecule has 1 aliphatic carbocycles.